The van der Waals surface area contributed by atoms with Crippen LogP contribution in [-0.4, -0.2) is 32.8 Å². The highest BCUT2D eigenvalue weighted by molar-refractivity contribution is 8.34. The first-order valence-corrected chi connectivity index (χ1v) is 30.1. The van der Waals surface area contributed by atoms with Crippen LogP contribution in [0.15, 0.2) is 0 Å². The maximum absolute atomic E-state index is 7.77. The van der Waals surface area contributed by atoms with Crippen molar-refractivity contribution in [3.05, 3.63) is 0 Å². The van der Waals surface area contributed by atoms with E-state index in [4.69, 9.17) is 44.3 Å². The van der Waals surface area contributed by atoms with Gasteiger partial charge in [-0.05, 0) is 20.2 Å². The third-order valence-electron chi connectivity index (χ3n) is 7.71. The fourth-order valence-electron chi connectivity index (χ4n) is 9.42. The maximum Gasteiger partial charge on any atom is 0.257 e. The third-order valence-corrected chi connectivity index (χ3v) is 145. The Kier molecular flexibility index (Phi) is 6.70. The standard InChI is InChI=1S/C18H42Cl4Si5/c1-15(2,3)24(16(4,5)6)23(13,14)25(17(7,8)9,18(10,11)12)27(21,22)26(24,19)20/h1-14H3. The Morgan fingerprint density at radius 2 is 0.556 bits per heavy atom. The Balaban J connectivity index is 4.49. The van der Waals surface area contributed by atoms with E-state index < -0.39 is 32.8 Å². The van der Waals surface area contributed by atoms with Crippen LogP contribution in [0.25, 0.3) is 0 Å². The Labute approximate surface area is 192 Å². The number of hydrogen-bond acceptors (Lipinski definition) is 0. The van der Waals surface area contributed by atoms with Crippen molar-refractivity contribution in [1.29, 1.82) is 0 Å². The fraction of sp³-hybridized carbons (Fsp3) is 1.00. The van der Waals surface area contributed by atoms with E-state index in [0.29, 0.717) is 0 Å². The average molecular weight is 541 g/mol. The summed E-state index contributed by atoms with van der Waals surface area (Å²) in [7, 11) is -6.66. The van der Waals surface area contributed by atoms with E-state index in [0.717, 1.165) is 0 Å². The van der Waals surface area contributed by atoms with Gasteiger partial charge in [0.2, 0.25) is 0 Å². The molecular weight excluding hydrogens is 498 g/mol. The molecule has 0 aromatic rings. The normalized spacial score (nSPS) is 26.9. The lowest BCUT2D eigenvalue weighted by atomic mass is 10.2. The molecule has 1 aliphatic heterocycles. The molecule has 1 saturated heterocycles. The Morgan fingerprint density at radius 3 is 0.630 bits per heavy atom. The van der Waals surface area contributed by atoms with E-state index in [2.05, 4.69) is 96.2 Å². The second-order valence-corrected chi connectivity index (χ2v) is 76.4. The lowest BCUT2D eigenvalue weighted by Crippen LogP contribution is -2.83. The summed E-state index contributed by atoms with van der Waals surface area (Å²) < 4.78 is 0. The van der Waals surface area contributed by atoms with E-state index in [1.54, 1.807) is 0 Å². The van der Waals surface area contributed by atoms with Crippen LogP contribution in [0.2, 0.25) is 33.2 Å². The molecule has 0 atom stereocenters. The van der Waals surface area contributed by atoms with E-state index in [1.165, 1.54) is 0 Å². The van der Waals surface area contributed by atoms with Crippen molar-refractivity contribution in [2.75, 3.05) is 0 Å². The molecule has 0 unspecified atom stereocenters. The Bertz CT molecular complexity index is 521. The second kappa shape index (κ2) is 6.63. The summed E-state index contributed by atoms with van der Waals surface area (Å²) >= 11 is 31.1. The summed E-state index contributed by atoms with van der Waals surface area (Å²) in [6.45, 7) is 34.1. The zero-order chi connectivity index (χ0) is 22.5. The zero-order valence-corrected chi connectivity index (χ0v) is 28.0. The van der Waals surface area contributed by atoms with Crippen LogP contribution >= 0.6 is 44.3 Å². The molecule has 0 aromatic heterocycles. The second-order valence-electron chi connectivity index (χ2n) is 13.3. The monoisotopic (exact) mass is 538 g/mol. The first-order chi connectivity index (χ1) is 11.2. The topological polar surface area (TPSA) is 0 Å². The summed E-state index contributed by atoms with van der Waals surface area (Å²) in [6.07, 6.45) is 0. The summed E-state index contributed by atoms with van der Waals surface area (Å²) in [4.78, 5) is 0. The van der Waals surface area contributed by atoms with Crippen LogP contribution in [-0.2, 0) is 0 Å². The lowest BCUT2D eigenvalue weighted by molar-refractivity contribution is 0.639. The highest BCUT2D eigenvalue weighted by atomic mass is 35.8. The molecule has 1 fully saturated rings. The molecule has 0 bridgehead atoms. The molecule has 0 aliphatic carbocycles. The minimum Gasteiger partial charge on any atom is -0.151 e. The van der Waals surface area contributed by atoms with Crippen LogP contribution in [0.1, 0.15) is 83.1 Å². The third kappa shape index (κ3) is 2.81. The largest absolute Gasteiger partial charge is 0.257 e. The lowest BCUT2D eigenvalue weighted by Gasteiger charge is -2.65. The molecule has 162 valence electrons. The molecule has 1 rings (SSSR count). The Morgan fingerprint density at radius 1 is 0.407 bits per heavy atom. The maximum atomic E-state index is 7.77. The van der Waals surface area contributed by atoms with Gasteiger partial charge >= 0.3 is 0 Å². The van der Waals surface area contributed by atoms with Gasteiger partial charge in [0.05, 0.1) is 14.2 Å². The van der Waals surface area contributed by atoms with E-state index in [9.17, 15) is 0 Å². The first kappa shape index (κ1) is 27.3. The van der Waals surface area contributed by atoms with Crippen LogP contribution in [0.3, 0.4) is 0 Å². The van der Waals surface area contributed by atoms with Gasteiger partial charge in [-0.25, -0.2) is 0 Å². The van der Waals surface area contributed by atoms with Crippen LogP contribution in [0, 0.1) is 0 Å². The minimum absolute atomic E-state index is 0.0734. The zero-order valence-electron chi connectivity index (χ0n) is 20.0. The summed E-state index contributed by atoms with van der Waals surface area (Å²) in [5, 5.41) is 0.294. The van der Waals surface area contributed by atoms with Crippen LogP contribution < -0.4 is 0 Å². The van der Waals surface area contributed by atoms with Crippen molar-refractivity contribution < 1.29 is 0 Å². The van der Waals surface area contributed by atoms with Crippen molar-refractivity contribution in [1.82, 2.24) is 0 Å². The molecule has 1 aliphatic rings. The van der Waals surface area contributed by atoms with E-state index in [-0.39, 0.29) is 20.2 Å². The molecule has 0 amide bonds. The average Bonchev–Trinajstić information content (AvgIpc) is 2.26. The molecule has 1 heterocycles. The quantitative estimate of drug-likeness (QED) is 0.212. The SMILES string of the molecule is CC(C)(C)[Si]1(C(C)(C)C)[Si](C)(C)[Si](C(C)(C)C)(C(C)(C)C)[Si](Cl)(Cl)[Si]1(Cl)Cl. The fourth-order valence-corrected chi connectivity index (χ4v) is 279. The molecule has 0 N–H and O–H groups in total. The number of halogens is 4. The molecule has 0 spiro atoms. The predicted molar refractivity (Wildman–Crippen MR) is 143 cm³/mol. The van der Waals surface area contributed by atoms with Crippen molar-refractivity contribution in [2.24, 2.45) is 0 Å². The highest BCUT2D eigenvalue weighted by Crippen LogP contribution is 2.77. The van der Waals surface area contributed by atoms with E-state index >= 15 is 0 Å². The molecule has 0 radical (unpaired) electrons. The van der Waals surface area contributed by atoms with Gasteiger partial charge < -0.3 is 0 Å². The molecule has 9 heteroatoms. The first-order valence-electron chi connectivity index (χ1n) is 10.0. The molecule has 0 nitrogen and oxygen atoms in total. The van der Waals surface area contributed by atoms with Crippen LogP contribution in [0.5, 0.6) is 0 Å². The molecule has 0 saturated carbocycles. The van der Waals surface area contributed by atoms with Gasteiger partial charge in [-0.15, -0.1) is 0 Å². The van der Waals surface area contributed by atoms with Gasteiger partial charge in [0.1, 0.15) is 0 Å². The molecular formula is C18H42Cl4Si5. The Hall–Kier alpha value is 2.24. The van der Waals surface area contributed by atoms with Crippen molar-refractivity contribution in [3.63, 3.8) is 0 Å². The number of rotatable bonds is 0. The van der Waals surface area contributed by atoms with Gasteiger partial charge in [0.25, 0.3) is 11.5 Å². The van der Waals surface area contributed by atoms with Gasteiger partial charge in [-0.2, -0.15) is 44.3 Å². The summed E-state index contributed by atoms with van der Waals surface area (Å²) in [5.41, 5.74) is -5.86. The van der Waals surface area contributed by atoms with E-state index in [1.807, 2.05) is 0 Å². The van der Waals surface area contributed by atoms with Crippen molar-refractivity contribution in [3.8, 4) is 0 Å². The van der Waals surface area contributed by atoms with Gasteiger partial charge in [-0.1, -0.05) is 96.2 Å². The van der Waals surface area contributed by atoms with Gasteiger partial charge in [0, 0.05) is 7.11 Å². The van der Waals surface area contributed by atoms with Crippen LogP contribution in [0.4, 0.5) is 0 Å². The predicted octanol–water partition coefficient (Wildman–Crippen LogP) is 9.04. The van der Waals surface area contributed by atoms with Gasteiger partial charge in [-0.3, -0.25) is 0 Å². The summed E-state index contributed by atoms with van der Waals surface area (Å²) in [5.74, 6) is 0. The summed E-state index contributed by atoms with van der Waals surface area (Å²) in [6, 6.07) is 0. The minimum atomic E-state index is -2.93. The number of hydrogen-bond donors (Lipinski definition) is 0. The van der Waals surface area contributed by atoms with Crippen molar-refractivity contribution in [2.45, 2.75) is 116 Å². The molecule has 27 heavy (non-hydrogen) atoms. The van der Waals surface area contributed by atoms with Crippen molar-refractivity contribution >= 4 is 77.1 Å². The highest BCUT2D eigenvalue weighted by Gasteiger charge is 2.96. The molecule has 0 aromatic carbocycles. The smallest absolute Gasteiger partial charge is 0.151 e. The van der Waals surface area contributed by atoms with Gasteiger partial charge in [0.15, 0.2) is 0 Å².